The third kappa shape index (κ3) is 2.69. The van der Waals surface area contributed by atoms with Gasteiger partial charge in [0.15, 0.2) is 0 Å². The van der Waals surface area contributed by atoms with Gasteiger partial charge in [-0.3, -0.25) is 10.1 Å². The van der Waals surface area contributed by atoms with E-state index < -0.39 is 4.92 Å². The Labute approximate surface area is 120 Å². The van der Waals surface area contributed by atoms with E-state index in [2.05, 4.69) is 21.4 Å². The highest BCUT2D eigenvalue weighted by Crippen LogP contribution is 2.32. The number of hydrogen-bond acceptors (Lipinski definition) is 7. The largest absolute Gasteiger partial charge is 0.378 e. The first kappa shape index (κ1) is 14.2. The van der Waals surface area contributed by atoms with Crippen molar-refractivity contribution in [1.29, 1.82) is 0 Å². The fourth-order valence-electron chi connectivity index (χ4n) is 2.04. The predicted molar refractivity (Wildman–Crippen MR) is 78.9 cm³/mol. The summed E-state index contributed by atoms with van der Waals surface area (Å²) in [5, 5.41) is 14.1. The van der Waals surface area contributed by atoms with Gasteiger partial charge in [0.25, 0.3) is 0 Å². The topological polar surface area (TPSA) is 107 Å². The van der Waals surface area contributed by atoms with Crippen LogP contribution in [0.15, 0.2) is 12.4 Å². The highest BCUT2D eigenvalue weighted by Gasteiger charge is 2.23. The number of nitro groups is 1. The standard InChI is InChI=1S/C12H15N5O2S/c1-6-4-9(8(3)20-6)7(2)16-12-10(17(18)19)11(13)14-5-15-12/h4-5,7H,1-3H3,(H3,13,14,15,16). The SMILES string of the molecule is Cc1cc(C(C)Nc2ncnc(N)c2[N+](=O)[O-])c(C)s1. The summed E-state index contributed by atoms with van der Waals surface area (Å²) in [5.74, 6) is -0.00354. The normalized spacial score (nSPS) is 12.2. The van der Waals surface area contributed by atoms with Crippen molar-refractivity contribution in [1.82, 2.24) is 9.97 Å². The molecule has 2 rings (SSSR count). The zero-order valence-corrected chi connectivity index (χ0v) is 12.2. The van der Waals surface area contributed by atoms with Crippen molar-refractivity contribution >= 4 is 28.7 Å². The molecule has 0 radical (unpaired) electrons. The summed E-state index contributed by atoms with van der Waals surface area (Å²) in [6, 6.07) is 1.96. The fraction of sp³-hybridized carbons (Fsp3) is 0.333. The van der Waals surface area contributed by atoms with Gasteiger partial charge in [-0.05, 0) is 32.4 Å². The van der Waals surface area contributed by atoms with Gasteiger partial charge in [0.05, 0.1) is 11.0 Å². The van der Waals surface area contributed by atoms with E-state index in [0.29, 0.717) is 0 Å². The number of aryl methyl sites for hydroxylation is 2. The molecule has 0 amide bonds. The monoisotopic (exact) mass is 293 g/mol. The fourth-order valence-corrected chi connectivity index (χ4v) is 3.06. The van der Waals surface area contributed by atoms with Crippen LogP contribution in [0, 0.1) is 24.0 Å². The molecule has 0 aromatic carbocycles. The summed E-state index contributed by atoms with van der Waals surface area (Å²) < 4.78 is 0. The third-order valence-electron chi connectivity index (χ3n) is 2.93. The van der Waals surface area contributed by atoms with Crippen LogP contribution in [0.3, 0.4) is 0 Å². The molecule has 20 heavy (non-hydrogen) atoms. The number of rotatable bonds is 4. The molecule has 0 bridgehead atoms. The highest BCUT2D eigenvalue weighted by atomic mass is 32.1. The van der Waals surface area contributed by atoms with Crippen molar-refractivity contribution in [2.24, 2.45) is 0 Å². The molecule has 2 aromatic heterocycles. The second kappa shape index (κ2) is 5.41. The van der Waals surface area contributed by atoms with Gasteiger partial charge in [-0.1, -0.05) is 0 Å². The Morgan fingerprint density at radius 1 is 1.45 bits per heavy atom. The Bertz CT molecular complexity index is 655. The zero-order valence-electron chi connectivity index (χ0n) is 11.4. The Balaban J connectivity index is 2.33. The van der Waals surface area contributed by atoms with E-state index in [-0.39, 0.29) is 23.4 Å². The summed E-state index contributed by atoms with van der Waals surface area (Å²) in [7, 11) is 0. The Morgan fingerprint density at radius 3 is 2.70 bits per heavy atom. The molecule has 1 unspecified atom stereocenters. The van der Waals surface area contributed by atoms with E-state index in [1.54, 1.807) is 11.3 Å². The number of nitrogen functional groups attached to an aromatic ring is 1. The van der Waals surface area contributed by atoms with Crippen LogP contribution >= 0.6 is 11.3 Å². The quantitative estimate of drug-likeness (QED) is 0.663. The lowest BCUT2D eigenvalue weighted by Gasteiger charge is -2.14. The Hall–Kier alpha value is -2.22. The minimum Gasteiger partial charge on any atom is -0.378 e. The molecular formula is C12H15N5O2S. The lowest BCUT2D eigenvalue weighted by molar-refractivity contribution is -0.383. The van der Waals surface area contributed by atoms with Crippen LogP contribution in [0.2, 0.25) is 0 Å². The van der Waals surface area contributed by atoms with Gasteiger partial charge in [0.2, 0.25) is 11.6 Å². The molecule has 0 spiro atoms. The molecule has 7 nitrogen and oxygen atoms in total. The Kier molecular flexibility index (Phi) is 3.84. The molecule has 0 saturated carbocycles. The molecule has 0 fully saturated rings. The van der Waals surface area contributed by atoms with Crippen molar-refractivity contribution in [3.8, 4) is 0 Å². The molecule has 1 atom stereocenters. The summed E-state index contributed by atoms with van der Waals surface area (Å²) in [6.45, 7) is 5.98. The highest BCUT2D eigenvalue weighted by molar-refractivity contribution is 7.12. The van der Waals surface area contributed by atoms with Gasteiger partial charge in [0.1, 0.15) is 6.33 Å². The first-order valence-electron chi connectivity index (χ1n) is 5.98. The number of nitrogens with two attached hydrogens (primary N) is 1. The van der Waals surface area contributed by atoms with Crippen molar-refractivity contribution in [2.45, 2.75) is 26.8 Å². The van der Waals surface area contributed by atoms with Crippen LogP contribution in [0.5, 0.6) is 0 Å². The van der Waals surface area contributed by atoms with E-state index in [9.17, 15) is 10.1 Å². The molecule has 3 N–H and O–H groups in total. The summed E-state index contributed by atoms with van der Waals surface area (Å²) in [5.41, 5.74) is 6.35. The number of aromatic nitrogens is 2. The Morgan fingerprint density at radius 2 is 2.15 bits per heavy atom. The molecule has 106 valence electrons. The number of thiophene rings is 1. The van der Waals surface area contributed by atoms with E-state index in [0.717, 1.165) is 5.56 Å². The van der Waals surface area contributed by atoms with Gasteiger partial charge >= 0.3 is 5.69 Å². The summed E-state index contributed by atoms with van der Waals surface area (Å²) in [6.07, 6.45) is 1.21. The zero-order chi connectivity index (χ0) is 14.9. The second-order valence-electron chi connectivity index (χ2n) is 4.45. The van der Waals surface area contributed by atoms with Gasteiger partial charge in [-0.25, -0.2) is 9.97 Å². The van der Waals surface area contributed by atoms with Gasteiger partial charge in [-0.15, -0.1) is 11.3 Å². The van der Waals surface area contributed by atoms with E-state index >= 15 is 0 Å². The summed E-state index contributed by atoms with van der Waals surface area (Å²) in [4.78, 5) is 20.4. The van der Waals surface area contributed by atoms with E-state index in [1.807, 2.05) is 20.8 Å². The molecule has 8 heteroatoms. The number of nitrogens with one attached hydrogen (secondary N) is 1. The molecule has 0 aliphatic carbocycles. The van der Waals surface area contributed by atoms with Crippen LogP contribution in [0.1, 0.15) is 28.3 Å². The van der Waals surface area contributed by atoms with Crippen LogP contribution < -0.4 is 11.1 Å². The summed E-state index contributed by atoms with van der Waals surface area (Å²) >= 11 is 1.69. The van der Waals surface area contributed by atoms with Crippen LogP contribution in [-0.2, 0) is 0 Å². The number of anilines is 2. The molecule has 2 aromatic rings. The average Bonchev–Trinajstić information content (AvgIpc) is 2.68. The van der Waals surface area contributed by atoms with Gasteiger partial charge in [-0.2, -0.15) is 0 Å². The minimum atomic E-state index is -0.573. The number of hydrogen-bond donors (Lipinski definition) is 2. The average molecular weight is 293 g/mol. The molecule has 0 saturated heterocycles. The predicted octanol–water partition coefficient (Wildman–Crippen LogP) is 2.82. The smallest absolute Gasteiger partial charge is 0.353 e. The first-order valence-corrected chi connectivity index (χ1v) is 6.80. The van der Waals surface area contributed by atoms with Crippen molar-refractivity contribution in [3.63, 3.8) is 0 Å². The first-order chi connectivity index (χ1) is 9.40. The van der Waals surface area contributed by atoms with Crippen molar-refractivity contribution < 1.29 is 4.92 Å². The molecule has 2 heterocycles. The van der Waals surface area contributed by atoms with Crippen molar-refractivity contribution in [3.05, 3.63) is 37.8 Å². The van der Waals surface area contributed by atoms with Crippen LogP contribution in [0.25, 0.3) is 0 Å². The third-order valence-corrected chi connectivity index (χ3v) is 3.91. The second-order valence-corrected chi connectivity index (χ2v) is 5.91. The minimum absolute atomic E-state index is 0.104. The van der Waals surface area contributed by atoms with Crippen molar-refractivity contribution in [2.75, 3.05) is 11.1 Å². The maximum absolute atomic E-state index is 11.0. The maximum Gasteiger partial charge on any atom is 0.353 e. The molecule has 0 aliphatic rings. The van der Waals surface area contributed by atoms with Crippen LogP contribution in [-0.4, -0.2) is 14.9 Å². The van der Waals surface area contributed by atoms with Crippen LogP contribution in [0.4, 0.5) is 17.3 Å². The lowest BCUT2D eigenvalue weighted by atomic mass is 10.1. The maximum atomic E-state index is 11.0. The van der Waals surface area contributed by atoms with E-state index in [1.165, 1.54) is 16.1 Å². The lowest BCUT2D eigenvalue weighted by Crippen LogP contribution is -2.11. The molecule has 0 aliphatic heterocycles. The number of nitrogens with zero attached hydrogens (tertiary/aromatic N) is 3. The van der Waals surface area contributed by atoms with Gasteiger partial charge in [0, 0.05) is 9.75 Å². The molecular weight excluding hydrogens is 278 g/mol. The van der Waals surface area contributed by atoms with E-state index in [4.69, 9.17) is 5.73 Å². The van der Waals surface area contributed by atoms with Gasteiger partial charge < -0.3 is 11.1 Å².